The van der Waals surface area contributed by atoms with Crippen LogP contribution in [-0.4, -0.2) is 132 Å². The van der Waals surface area contributed by atoms with Crippen LogP contribution in [0.25, 0.3) is 16.6 Å². The number of amides is 3. The van der Waals surface area contributed by atoms with Crippen molar-refractivity contribution in [1.29, 1.82) is 5.26 Å². The molecule has 68 heavy (non-hydrogen) atoms. The number of piperidine rings is 2. The Kier molecular flexibility index (Phi) is 13.9. The van der Waals surface area contributed by atoms with Crippen molar-refractivity contribution in [2.24, 2.45) is 0 Å². The minimum absolute atomic E-state index is 0.0177. The van der Waals surface area contributed by atoms with Gasteiger partial charge in [-0.2, -0.15) is 18.0 Å². The van der Waals surface area contributed by atoms with Crippen molar-refractivity contribution in [2.75, 3.05) is 74.3 Å². The molecule has 19 nitrogen and oxygen atoms in total. The second-order valence-corrected chi connectivity index (χ2v) is 18.2. The van der Waals surface area contributed by atoms with E-state index in [9.17, 15) is 41.6 Å². The molecule has 3 N–H and O–H groups in total. The van der Waals surface area contributed by atoms with E-state index in [0.29, 0.717) is 80.0 Å². The normalized spacial score (nSPS) is 17.4. The number of anilines is 3. The fourth-order valence-electron chi connectivity index (χ4n) is 8.26. The number of nitriles is 1. The first-order valence-corrected chi connectivity index (χ1v) is 22.9. The van der Waals surface area contributed by atoms with E-state index < -0.39 is 63.5 Å². The molecule has 5 heterocycles. The number of alkyl halides is 2. The molecular weight excluding hydrogens is 917 g/mol. The molecule has 3 fully saturated rings. The third kappa shape index (κ3) is 10.5. The lowest BCUT2D eigenvalue weighted by atomic mass is 9.89. The maximum Gasteiger partial charge on any atom is 0.301 e. The lowest BCUT2D eigenvalue weighted by molar-refractivity contribution is -0.134. The van der Waals surface area contributed by atoms with Crippen molar-refractivity contribution in [3.05, 3.63) is 100 Å². The highest BCUT2D eigenvalue weighted by molar-refractivity contribution is 7.90. The number of carbonyl (C=O) groups is 3. The van der Waals surface area contributed by atoms with Gasteiger partial charge in [0.15, 0.2) is 11.6 Å². The van der Waals surface area contributed by atoms with Crippen LogP contribution < -0.4 is 30.6 Å². The Morgan fingerprint density at radius 3 is 2.37 bits per heavy atom. The van der Waals surface area contributed by atoms with E-state index in [0.717, 1.165) is 19.2 Å². The summed E-state index contributed by atoms with van der Waals surface area (Å²) in [4.78, 5) is 69.7. The molecule has 0 radical (unpaired) electrons. The number of carbonyl (C=O) groups excluding carboxylic acids is 3. The molecule has 2 aromatic heterocycles. The summed E-state index contributed by atoms with van der Waals surface area (Å²) >= 11 is 0. The summed E-state index contributed by atoms with van der Waals surface area (Å²) in [7, 11) is -3.66. The molecule has 0 bridgehead atoms. The minimum Gasteiger partial charge on any atom is -0.453 e. The van der Waals surface area contributed by atoms with Crippen LogP contribution in [0.5, 0.6) is 11.5 Å². The van der Waals surface area contributed by atoms with E-state index in [4.69, 9.17) is 4.74 Å². The first-order chi connectivity index (χ1) is 32.6. The number of fused-ring (bicyclic) bond motifs is 1. The number of hydrogen-bond acceptors (Lipinski definition) is 14. The molecule has 3 aromatic carbocycles. The summed E-state index contributed by atoms with van der Waals surface area (Å²) in [5, 5.41) is 15.2. The molecule has 356 valence electrons. The van der Waals surface area contributed by atoms with Crippen molar-refractivity contribution in [3.63, 3.8) is 0 Å². The highest BCUT2D eigenvalue weighted by Gasteiger charge is 2.30. The minimum atomic E-state index is -4.57. The maximum absolute atomic E-state index is 15.2. The number of benzene rings is 3. The van der Waals surface area contributed by atoms with E-state index in [1.165, 1.54) is 47.6 Å². The zero-order valence-electron chi connectivity index (χ0n) is 36.4. The van der Waals surface area contributed by atoms with Gasteiger partial charge in [0.1, 0.15) is 35.6 Å². The summed E-state index contributed by atoms with van der Waals surface area (Å²) in [6, 6.07) is 11.7. The predicted molar refractivity (Wildman–Crippen MR) is 239 cm³/mol. The van der Waals surface area contributed by atoms with Crippen LogP contribution >= 0.6 is 0 Å². The van der Waals surface area contributed by atoms with Gasteiger partial charge in [0.05, 0.1) is 47.8 Å². The zero-order chi connectivity index (χ0) is 48.3. The van der Waals surface area contributed by atoms with Gasteiger partial charge in [-0.15, -0.1) is 0 Å². The van der Waals surface area contributed by atoms with Gasteiger partial charge in [0.2, 0.25) is 23.7 Å². The molecule has 24 heteroatoms. The van der Waals surface area contributed by atoms with Crippen LogP contribution in [0.1, 0.15) is 42.7 Å². The molecule has 0 saturated carbocycles. The number of piperazine rings is 1. The Morgan fingerprint density at radius 1 is 0.956 bits per heavy atom. The van der Waals surface area contributed by atoms with Crippen LogP contribution in [0.2, 0.25) is 0 Å². The van der Waals surface area contributed by atoms with E-state index in [1.54, 1.807) is 23.1 Å². The second-order valence-electron chi connectivity index (χ2n) is 16.4. The number of halogens is 4. The Labute approximate surface area is 386 Å². The van der Waals surface area contributed by atoms with Gasteiger partial charge in [-0.05, 0) is 86.3 Å². The molecule has 5 aromatic rings. The maximum atomic E-state index is 15.2. The molecule has 0 aliphatic carbocycles. The molecule has 3 aliphatic heterocycles. The van der Waals surface area contributed by atoms with E-state index in [1.807, 2.05) is 9.62 Å². The average Bonchev–Trinajstić information content (AvgIpc) is 3.31. The molecule has 3 aliphatic rings. The number of likely N-dealkylation sites (tertiary alicyclic amines) is 1. The molecule has 1 atom stereocenters. The Morgan fingerprint density at radius 2 is 1.69 bits per heavy atom. The third-order valence-electron chi connectivity index (χ3n) is 12.0. The number of aromatic nitrogens is 4. The highest BCUT2D eigenvalue weighted by Crippen LogP contribution is 2.35. The van der Waals surface area contributed by atoms with Crippen LogP contribution in [0, 0.1) is 23.0 Å². The van der Waals surface area contributed by atoms with Crippen molar-refractivity contribution in [1.82, 2.24) is 38.9 Å². The fourth-order valence-corrected chi connectivity index (χ4v) is 9.17. The Hall–Kier alpha value is -7.23. The molecular formula is C44H44F4N12O7S. The summed E-state index contributed by atoms with van der Waals surface area (Å²) in [5.41, 5.74) is -0.00425. The van der Waals surface area contributed by atoms with Gasteiger partial charge in [-0.1, -0.05) is 6.07 Å². The summed E-state index contributed by atoms with van der Waals surface area (Å²) in [6.07, 6.45) is 3.09. The molecule has 3 amide bonds. The average molecular weight is 961 g/mol. The largest absolute Gasteiger partial charge is 0.453 e. The molecule has 8 rings (SSSR count). The van der Waals surface area contributed by atoms with Crippen molar-refractivity contribution >= 4 is 56.2 Å². The lowest BCUT2D eigenvalue weighted by Crippen LogP contribution is -2.52. The second kappa shape index (κ2) is 19.9. The monoisotopic (exact) mass is 960 g/mol. The van der Waals surface area contributed by atoms with Gasteiger partial charge >= 0.3 is 10.2 Å². The van der Waals surface area contributed by atoms with Crippen LogP contribution in [0.15, 0.2) is 72.0 Å². The summed E-state index contributed by atoms with van der Waals surface area (Å²) < 4.78 is 90.5. The fraction of sp³-hybridized carbons (Fsp3) is 0.364. The third-order valence-corrected chi connectivity index (χ3v) is 13.4. The molecule has 0 spiro atoms. The number of hydrogen-bond donors (Lipinski definition) is 3. The van der Waals surface area contributed by atoms with Gasteiger partial charge in [-0.25, -0.2) is 32.5 Å². The van der Waals surface area contributed by atoms with E-state index in [2.05, 4.69) is 30.5 Å². The van der Waals surface area contributed by atoms with Gasteiger partial charge in [0.25, 0.3) is 12.0 Å². The number of ether oxygens (including phenoxy) is 1. The van der Waals surface area contributed by atoms with Crippen molar-refractivity contribution < 1.29 is 45.1 Å². The van der Waals surface area contributed by atoms with Crippen LogP contribution in [0.3, 0.4) is 0 Å². The number of nitrogens with zero attached hydrogens (tertiary/aromatic N) is 9. The summed E-state index contributed by atoms with van der Waals surface area (Å²) in [5.74, 6) is -2.61. The number of imide groups is 1. The highest BCUT2D eigenvalue weighted by atomic mass is 32.2. The van der Waals surface area contributed by atoms with E-state index >= 15 is 8.78 Å². The van der Waals surface area contributed by atoms with Crippen LogP contribution in [0.4, 0.5) is 34.9 Å². The van der Waals surface area contributed by atoms with Gasteiger partial charge in [-0.3, -0.25) is 38.7 Å². The summed E-state index contributed by atoms with van der Waals surface area (Å²) in [6.45, 7) is 2.13. The van der Waals surface area contributed by atoms with Gasteiger partial charge < -0.3 is 19.9 Å². The Bertz CT molecular complexity index is 2960. The SMILES string of the molecule is CN(CC(F)F)S(=O)(=O)Nc1ccc(F)c(Oc2ccc3ncn(-c4cnc(N5CCN(C(=O)CN6CCC(c7ccc(N[C@H]8CCC(=O)NC8=O)cc7F)CC6)CC5)nc4)c(=O)c3c2)c1C#N. The quantitative estimate of drug-likeness (QED) is 0.107. The molecule has 0 unspecified atom stereocenters. The first-order valence-electron chi connectivity index (χ1n) is 21.5. The molecule has 3 saturated heterocycles. The van der Waals surface area contributed by atoms with Crippen molar-refractivity contribution in [3.8, 4) is 23.3 Å². The Balaban J connectivity index is 0.846. The van der Waals surface area contributed by atoms with E-state index in [-0.39, 0.29) is 58.9 Å². The predicted octanol–water partition coefficient (Wildman–Crippen LogP) is 3.72. The number of rotatable bonds is 14. The first kappa shape index (κ1) is 47.3. The van der Waals surface area contributed by atoms with Crippen LogP contribution in [-0.2, 0) is 24.6 Å². The number of nitrogens with one attached hydrogen (secondary N) is 3. The topological polar surface area (TPSA) is 228 Å². The smallest absolute Gasteiger partial charge is 0.301 e. The zero-order valence-corrected chi connectivity index (χ0v) is 37.2. The van der Waals surface area contributed by atoms with Gasteiger partial charge in [0, 0.05) is 45.3 Å². The lowest BCUT2D eigenvalue weighted by Gasteiger charge is -2.37. The van der Waals surface area contributed by atoms with Crippen molar-refractivity contribution in [2.45, 2.75) is 44.1 Å². The standard InChI is InChI=1S/C44H44F4N12O7S/c1-56(23-38(47)48)68(65,66)55-36-7-5-33(45)41(32(36)20-49)67-29-3-6-35-31(19-29)43(64)60(25-52-35)28-21-50-44(51-22-28)59-16-14-58(15-17-59)40(62)24-57-12-10-26(11-13-57)30-4-2-27(18-34(30)46)53-37-8-9-39(61)54-42(37)63/h2-7,18-19,21-22,25-26,37-38,53,55H,8-17,23-24H2,1H3,(H,54,61,63)/t37-/m0/s1.